The summed E-state index contributed by atoms with van der Waals surface area (Å²) in [4.78, 5) is 33.7. The summed E-state index contributed by atoms with van der Waals surface area (Å²) in [5.41, 5.74) is 3.26. The van der Waals surface area contributed by atoms with Crippen LogP contribution in [0.4, 0.5) is 11.4 Å². The molecular weight excluding hydrogens is 470 g/mol. The number of ketones is 1. The topological polar surface area (TPSA) is 95.1 Å². The van der Waals surface area contributed by atoms with Crippen molar-refractivity contribution in [3.05, 3.63) is 89.6 Å². The summed E-state index contributed by atoms with van der Waals surface area (Å²) in [6.07, 6.45) is 1.78. The van der Waals surface area contributed by atoms with Gasteiger partial charge in [-0.25, -0.2) is 0 Å². The van der Waals surface area contributed by atoms with Crippen LogP contribution in [0.5, 0.6) is 11.5 Å². The van der Waals surface area contributed by atoms with Crippen LogP contribution in [-0.4, -0.2) is 50.1 Å². The van der Waals surface area contributed by atoms with Crippen LogP contribution < -0.4 is 19.3 Å². The Labute approximate surface area is 214 Å². The maximum Gasteiger partial charge on any atom is 0.300 e. The van der Waals surface area contributed by atoms with E-state index < -0.39 is 17.7 Å². The third-order valence-electron chi connectivity index (χ3n) is 6.67. The molecule has 188 valence electrons. The van der Waals surface area contributed by atoms with E-state index in [9.17, 15) is 14.7 Å². The lowest BCUT2D eigenvalue weighted by Gasteiger charge is -2.25. The molecule has 2 N–H and O–H groups in total. The van der Waals surface area contributed by atoms with Crippen molar-refractivity contribution in [2.24, 2.45) is 0 Å². The van der Waals surface area contributed by atoms with E-state index in [1.165, 1.54) is 19.1 Å². The van der Waals surface area contributed by atoms with E-state index in [2.05, 4.69) is 4.98 Å². The molecular formula is C29H27N3O5. The second kappa shape index (κ2) is 9.39. The van der Waals surface area contributed by atoms with Gasteiger partial charge in [-0.3, -0.25) is 14.5 Å². The second-order valence-corrected chi connectivity index (χ2v) is 8.94. The van der Waals surface area contributed by atoms with Crippen LogP contribution >= 0.6 is 0 Å². The van der Waals surface area contributed by atoms with Gasteiger partial charge in [-0.05, 0) is 48.5 Å². The lowest BCUT2D eigenvalue weighted by molar-refractivity contribution is -0.132. The quantitative estimate of drug-likeness (QED) is 0.224. The number of aliphatic hydroxyl groups is 1. The monoisotopic (exact) mass is 497 g/mol. The summed E-state index contributed by atoms with van der Waals surface area (Å²) >= 11 is 0. The zero-order chi connectivity index (χ0) is 26.3. The van der Waals surface area contributed by atoms with Gasteiger partial charge < -0.3 is 24.5 Å². The predicted octanol–water partition coefficient (Wildman–Crippen LogP) is 4.88. The van der Waals surface area contributed by atoms with Crippen molar-refractivity contribution in [3.8, 4) is 11.5 Å². The Kier molecular flexibility index (Phi) is 6.09. The molecule has 1 saturated heterocycles. The number of nitrogens with zero attached hydrogens (tertiary/aromatic N) is 2. The summed E-state index contributed by atoms with van der Waals surface area (Å²) in [5.74, 6) is -1.03. The number of aromatic nitrogens is 1. The lowest BCUT2D eigenvalue weighted by atomic mass is 9.94. The first-order valence-corrected chi connectivity index (χ1v) is 11.7. The van der Waals surface area contributed by atoms with Gasteiger partial charge in [-0.2, -0.15) is 0 Å². The molecule has 2 heterocycles. The molecule has 0 aliphatic carbocycles. The number of carbonyl (C=O) groups excluding carboxylic acids is 2. The van der Waals surface area contributed by atoms with E-state index in [4.69, 9.17) is 9.47 Å². The first-order chi connectivity index (χ1) is 17.8. The molecule has 3 aromatic carbocycles. The summed E-state index contributed by atoms with van der Waals surface area (Å²) in [6.45, 7) is 0. The molecule has 0 spiro atoms. The Morgan fingerprint density at radius 2 is 1.70 bits per heavy atom. The van der Waals surface area contributed by atoms with Crippen molar-refractivity contribution in [1.29, 1.82) is 0 Å². The average Bonchev–Trinajstić information content (AvgIpc) is 3.46. The summed E-state index contributed by atoms with van der Waals surface area (Å²) in [5, 5.41) is 12.4. The number of nitrogens with one attached hydrogen (secondary N) is 1. The van der Waals surface area contributed by atoms with E-state index in [-0.39, 0.29) is 16.9 Å². The van der Waals surface area contributed by atoms with Crippen molar-refractivity contribution in [1.82, 2.24) is 4.98 Å². The highest BCUT2D eigenvalue weighted by Gasteiger charge is 2.48. The molecule has 1 fully saturated rings. The number of H-pyrrole nitrogens is 1. The smallest absolute Gasteiger partial charge is 0.300 e. The van der Waals surface area contributed by atoms with Crippen molar-refractivity contribution in [3.63, 3.8) is 0 Å². The fraction of sp³-hybridized carbons (Fsp3) is 0.172. The van der Waals surface area contributed by atoms with Crippen molar-refractivity contribution < 1.29 is 24.2 Å². The third-order valence-corrected chi connectivity index (χ3v) is 6.67. The number of ether oxygens (including phenoxy) is 2. The molecule has 5 rings (SSSR count). The Morgan fingerprint density at radius 3 is 2.38 bits per heavy atom. The Morgan fingerprint density at radius 1 is 0.973 bits per heavy atom. The standard InChI is InChI=1S/C29H27N3O5/c1-31(2)17-9-11-18(12-10-17)32-26(22-16-30-23-8-6-5-7-20(22)23)25(28(34)29(32)35)27(33)21-15-19(36-3)13-14-24(21)37-4/h5-16,26,30,33H,1-4H3/b27-25+. The van der Waals surface area contributed by atoms with E-state index in [1.54, 1.807) is 36.5 Å². The number of para-hydroxylation sites is 1. The molecule has 1 aliphatic rings. The highest BCUT2D eigenvalue weighted by molar-refractivity contribution is 6.52. The number of aliphatic hydroxyl groups excluding tert-OH is 1. The number of carbonyl (C=O) groups is 2. The number of Topliss-reactive ketones (excluding diaryl/α,β-unsaturated/α-hetero) is 1. The van der Waals surface area contributed by atoms with Crippen molar-refractivity contribution in [2.45, 2.75) is 6.04 Å². The fourth-order valence-electron chi connectivity index (χ4n) is 4.77. The first kappa shape index (κ1) is 24.0. The second-order valence-electron chi connectivity index (χ2n) is 8.94. The number of benzene rings is 3. The largest absolute Gasteiger partial charge is 0.507 e. The van der Waals surface area contributed by atoms with Gasteiger partial charge >= 0.3 is 0 Å². The van der Waals surface area contributed by atoms with Crippen molar-refractivity contribution in [2.75, 3.05) is 38.1 Å². The molecule has 1 atom stereocenters. The molecule has 37 heavy (non-hydrogen) atoms. The highest BCUT2D eigenvalue weighted by Crippen LogP contribution is 2.45. The van der Waals surface area contributed by atoms with Crippen LogP contribution in [0.3, 0.4) is 0 Å². The van der Waals surface area contributed by atoms with Crippen LogP contribution in [0, 0.1) is 0 Å². The number of fused-ring (bicyclic) bond motifs is 1. The molecule has 0 saturated carbocycles. The van der Waals surface area contributed by atoms with Gasteiger partial charge in [-0.1, -0.05) is 18.2 Å². The first-order valence-electron chi connectivity index (χ1n) is 11.7. The molecule has 1 amide bonds. The maximum absolute atomic E-state index is 13.6. The zero-order valence-electron chi connectivity index (χ0n) is 21.0. The zero-order valence-corrected chi connectivity index (χ0v) is 21.0. The van der Waals surface area contributed by atoms with Crippen molar-refractivity contribution >= 4 is 39.7 Å². The molecule has 8 nitrogen and oxygen atoms in total. The Bertz CT molecular complexity index is 1530. The number of anilines is 2. The number of aromatic amines is 1. The van der Waals surface area contributed by atoms with E-state index in [0.717, 1.165) is 16.6 Å². The SMILES string of the molecule is COc1ccc(OC)c(/C(O)=C2\C(=O)C(=O)N(c3ccc(N(C)C)cc3)C2c2c[nH]c3ccccc23)c1. The molecule has 0 bridgehead atoms. The lowest BCUT2D eigenvalue weighted by Crippen LogP contribution is -2.29. The van der Waals surface area contributed by atoms with Crippen LogP contribution in [0.2, 0.25) is 0 Å². The minimum absolute atomic E-state index is 0.0296. The molecule has 1 aliphatic heterocycles. The number of methoxy groups -OCH3 is 2. The van der Waals surface area contributed by atoms with Crippen LogP contribution in [0.25, 0.3) is 16.7 Å². The summed E-state index contributed by atoms with van der Waals surface area (Å²) < 4.78 is 10.8. The van der Waals surface area contributed by atoms with E-state index in [0.29, 0.717) is 22.7 Å². The minimum Gasteiger partial charge on any atom is -0.507 e. The van der Waals surface area contributed by atoms with E-state index >= 15 is 0 Å². The van der Waals surface area contributed by atoms with Crippen LogP contribution in [0.15, 0.2) is 78.5 Å². The fourth-order valence-corrected chi connectivity index (χ4v) is 4.77. The van der Waals surface area contributed by atoms with Gasteiger partial charge in [-0.15, -0.1) is 0 Å². The number of rotatable bonds is 6. The Balaban J connectivity index is 1.77. The van der Waals surface area contributed by atoms with E-state index in [1.807, 2.05) is 55.4 Å². The number of hydrogen-bond donors (Lipinski definition) is 2. The van der Waals surface area contributed by atoms with Gasteiger partial charge in [0.2, 0.25) is 0 Å². The van der Waals surface area contributed by atoms with Crippen LogP contribution in [-0.2, 0) is 9.59 Å². The van der Waals surface area contributed by atoms with Gasteiger partial charge in [0.15, 0.2) is 0 Å². The maximum atomic E-state index is 13.6. The number of hydrogen-bond acceptors (Lipinski definition) is 6. The highest BCUT2D eigenvalue weighted by atomic mass is 16.5. The normalized spacial score (nSPS) is 16.9. The number of amides is 1. The average molecular weight is 498 g/mol. The van der Waals surface area contributed by atoms with Gasteiger partial charge in [0.25, 0.3) is 11.7 Å². The molecule has 0 radical (unpaired) electrons. The molecule has 8 heteroatoms. The minimum atomic E-state index is -0.878. The van der Waals surface area contributed by atoms with Gasteiger partial charge in [0, 0.05) is 48.1 Å². The van der Waals surface area contributed by atoms with Gasteiger partial charge in [0.1, 0.15) is 17.3 Å². The molecule has 1 aromatic heterocycles. The van der Waals surface area contributed by atoms with Crippen LogP contribution in [0.1, 0.15) is 17.2 Å². The predicted molar refractivity (Wildman–Crippen MR) is 143 cm³/mol. The van der Waals surface area contributed by atoms with Gasteiger partial charge in [0.05, 0.1) is 31.4 Å². The Hall–Kier alpha value is -4.72. The third kappa shape index (κ3) is 3.96. The summed E-state index contributed by atoms with van der Waals surface area (Å²) in [6, 6.07) is 19.0. The summed E-state index contributed by atoms with van der Waals surface area (Å²) in [7, 11) is 6.83. The molecule has 4 aromatic rings. The molecule has 1 unspecified atom stereocenters.